The number of hydrogen-bond donors (Lipinski definition) is 1. The van der Waals surface area contributed by atoms with Crippen molar-refractivity contribution < 1.29 is 9.53 Å². The topological polar surface area (TPSA) is 79.2 Å². The molecule has 160 valence electrons. The van der Waals surface area contributed by atoms with Crippen LogP contribution in [-0.2, 0) is 16.1 Å². The van der Waals surface area contributed by atoms with Crippen LogP contribution in [0.25, 0.3) is 0 Å². The highest BCUT2D eigenvalue weighted by atomic mass is 16.5. The van der Waals surface area contributed by atoms with Gasteiger partial charge in [-0.3, -0.25) is 14.6 Å². The number of guanidine groups is 1. The predicted molar refractivity (Wildman–Crippen MR) is 113 cm³/mol. The molecule has 1 N–H and O–H groups in total. The van der Waals surface area contributed by atoms with E-state index in [1.165, 1.54) is 0 Å². The van der Waals surface area contributed by atoms with Gasteiger partial charge in [0.05, 0.1) is 0 Å². The number of hydrogen-bond acceptors (Lipinski definition) is 4. The van der Waals surface area contributed by atoms with Crippen molar-refractivity contribution in [3.63, 3.8) is 0 Å². The molecule has 1 aromatic heterocycles. The first-order valence-corrected chi connectivity index (χ1v) is 10.8. The maximum atomic E-state index is 12.5. The van der Waals surface area contributed by atoms with Crippen LogP contribution in [0.2, 0.25) is 0 Å². The van der Waals surface area contributed by atoms with Crippen LogP contribution in [-0.4, -0.2) is 78.2 Å². The Kier molecular flexibility index (Phi) is 8.10. The second-order valence-corrected chi connectivity index (χ2v) is 7.49. The SMILES string of the molecule is CCNC(=NCCCCn1ccccc1=O)N1CCN(C(=O)C2CCCO2)CC1. The second-order valence-electron chi connectivity index (χ2n) is 7.49. The molecule has 0 aromatic carbocycles. The Morgan fingerprint density at radius 2 is 2.00 bits per heavy atom. The van der Waals surface area contributed by atoms with Gasteiger partial charge in [-0.15, -0.1) is 0 Å². The molecule has 8 heteroatoms. The number of aromatic nitrogens is 1. The Hall–Kier alpha value is -2.35. The van der Waals surface area contributed by atoms with Gasteiger partial charge in [0, 0.05) is 64.7 Å². The van der Waals surface area contributed by atoms with E-state index >= 15 is 0 Å². The lowest BCUT2D eigenvalue weighted by atomic mass is 10.2. The zero-order chi connectivity index (χ0) is 20.5. The maximum Gasteiger partial charge on any atom is 0.251 e. The fraction of sp³-hybridized carbons (Fsp3) is 0.667. The lowest BCUT2D eigenvalue weighted by Crippen LogP contribution is -2.55. The molecule has 0 spiro atoms. The molecule has 1 unspecified atom stereocenters. The largest absolute Gasteiger partial charge is 0.368 e. The van der Waals surface area contributed by atoms with Crippen LogP contribution >= 0.6 is 0 Å². The molecule has 1 aromatic rings. The van der Waals surface area contributed by atoms with Gasteiger partial charge in [0.15, 0.2) is 5.96 Å². The summed E-state index contributed by atoms with van der Waals surface area (Å²) in [5.74, 6) is 1.05. The van der Waals surface area contributed by atoms with Crippen LogP contribution in [0.5, 0.6) is 0 Å². The van der Waals surface area contributed by atoms with Gasteiger partial charge in [-0.1, -0.05) is 6.07 Å². The molecule has 8 nitrogen and oxygen atoms in total. The Morgan fingerprint density at radius 1 is 1.21 bits per heavy atom. The van der Waals surface area contributed by atoms with E-state index in [0.29, 0.717) is 19.7 Å². The van der Waals surface area contributed by atoms with Crippen molar-refractivity contribution in [1.82, 2.24) is 19.7 Å². The number of pyridine rings is 1. The molecule has 2 fully saturated rings. The summed E-state index contributed by atoms with van der Waals surface area (Å²) in [4.78, 5) is 33.1. The number of carbonyl (C=O) groups is 1. The maximum absolute atomic E-state index is 12.5. The van der Waals surface area contributed by atoms with Crippen molar-refractivity contribution in [2.45, 2.75) is 45.3 Å². The van der Waals surface area contributed by atoms with Gasteiger partial charge in [0.2, 0.25) is 5.56 Å². The number of nitrogens with one attached hydrogen (secondary N) is 1. The summed E-state index contributed by atoms with van der Waals surface area (Å²) in [7, 11) is 0. The normalized spacial score (nSPS) is 20.2. The molecular weight excluding hydrogens is 370 g/mol. The van der Waals surface area contributed by atoms with Crippen molar-refractivity contribution in [1.29, 1.82) is 0 Å². The first-order chi connectivity index (χ1) is 14.2. The molecule has 0 saturated carbocycles. The van der Waals surface area contributed by atoms with Crippen molar-refractivity contribution >= 4 is 11.9 Å². The van der Waals surface area contributed by atoms with Crippen LogP contribution in [0.15, 0.2) is 34.2 Å². The lowest BCUT2D eigenvalue weighted by molar-refractivity contribution is -0.142. The molecule has 2 aliphatic heterocycles. The zero-order valence-electron chi connectivity index (χ0n) is 17.4. The third kappa shape index (κ3) is 6.06. The third-order valence-electron chi connectivity index (χ3n) is 5.40. The van der Waals surface area contributed by atoms with E-state index in [4.69, 9.17) is 9.73 Å². The minimum atomic E-state index is -0.236. The lowest BCUT2D eigenvalue weighted by Gasteiger charge is -2.37. The fourth-order valence-electron chi connectivity index (χ4n) is 3.76. The second kappa shape index (κ2) is 11.0. The molecular formula is C21H33N5O3. The van der Waals surface area contributed by atoms with Gasteiger partial charge >= 0.3 is 0 Å². The molecule has 3 heterocycles. The quantitative estimate of drug-likeness (QED) is 0.416. The number of aryl methyl sites for hydroxylation is 1. The Labute approximate surface area is 172 Å². The molecule has 1 atom stereocenters. The third-order valence-corrected chi connectivity index (χ3v) is 5.40. The predicted octanol–water partition coefficient (Wildman–Crippen LogP) is 0.917. The Balaban J connectivity index is 1.43. The minimum absolute atomic E-state index is 0.0414. The van der Waals surface area contributed by atoms with Crippen molar-refractivity contribution in [3.05, 3.63) is 34.7 Å². The van der Waals surface area contributed by atoms with E-state index < -0.39 is 0 Å². The highest BCUT2D eigenvalue weighted by Gasteiger charge is 2.30. The van der Waals surface area contributed by atoms with Gasteiger partial charge in [-0.05, 0) is 38.7 Å². The van der Waals surface area contributed by atoms with Gasteiger partial charge < -0.3 is 24.4 Å². The van der Waals surface area contributed by atoms with Gasteiger partial charge in [-0.25, -0.2) is 0 Å². The van der Waals surface area contributed by atoms with Crippen molar-refractivity contribution in [3.8, 4) is 0 Å². The minimum Gasteiger partial charge on any atom is -0.368 e. The van der Waals surface area contributed by atoms with Crippen molar-refractivity contribution in [2.24, 2.45) is 4.99 Å². The number of amides is 1. The number of rotatable bonds is 7. The van der Waals surface area contributed by atoms with Crippen LogP contribution in [0.4, 0.5) is 0 Å². The van der Waals surface area contributed by atoms with E-state index in [1.807, 2.05) is 17.2 Å². The number of ether oxygens (including phenoxy) is 1. The highest BCUT2D eigenvalue weighted by molar-refractivity contribution is 5.82. The van der Waals surface area contributed by atoms with Gasteiger partial charge in [0.1, 0.15) is 6.10 Å². The highest BCUT2D eigenvalue weighted by Crippen LogP contribution is 2.16. The molecule has 29 heavy (non-hydrogen) atoms. The smallest absolute Gasteiger partial charge is 0.251 e. The summed E-state index contributed by atoms with van der Waals surface area (Å²) in [6.45, 7) is 8.00. The molecule has 0 bridgehead atoms. The summed E-state index contributed by atoms with van der Waals surface area (Å²) >= 11 is 0. The molecule has 2 aliphatic rings. The Morgan fingerprint density at radius 3 is 2.69 bits per heavy atom. The molecule has 0 radical (unpaired) electrons. The summed E-state index contributed by atoms with van der Waals surface area (Å²) < 4.78 is 7.27. The van der Waals surface area contributed by atoms with E-state index in [2.05, 4.69) is 17.1 Å². The monoisotopic (exact) mass is 403 g/mol. The number of carbonyl (C=O) groups excluding carboxylic acids is 1. The number of aliphatic imine (C=N–C) groups is 1. The van der Waals surface area contributed by atoms with Crippen LogP contribution < -0.4 is 10.9 Å². The molecule has 1 amide bonds. The van der Waals surface area contributed by atoms with E-state index in [0.717, 1.165) is 64.4 Å². The van der Waals surface area contributed by atoms with Gasteiger partial charge in [-0.2, -0.15) is 0 Å². The number of nitrogens with zero attached hydrogens (tertiary/aromatic N) is 4. The summed E-state index contributed by atoms with van der Waals surface area (Å²) in [6, 6.07) is 5.23. The standard InChI is InChI=1S/C21H33N5O3/c1-2-22-21(23-10-4-6-12-24-11-5-3-9-19(24)27)26-15-13-25(14-16-26)20(28)18-8-7-17-29-18/h3,5,9,11,18H,2,4,6-8,10,12-17H2,1H3,(H,22,23). The molecule has 3 rings (SSSR count). The summed E-state index contributed by atoms with van der Waals surface area (Å²) in [5, 5.41) is 3.36. The van der Waals surface area contributed by atoms with Crippen LogP contribution in [0.1, 0.15) is 32.6 Å². The number of unbranched alkanes of at least 4 members (excludes halogenated alkanes) is 1. The first kappa shape index (κ1) is 21.4. The van der Waals surface area contributed by atoms with Gasteiger partial charge in [0.25, 0.3) is 5.91 Å². The fourth-order valence-corrected chi connectivity index (χ4v) is 3.76. The molecule has 2 saturated heterocycles. The van der Waals surface area contributed by atoms with E-state index in [9.17, 15) is 9.59 Å². The van der Waals surface area contributed by atoms with Crippen LogP contribution in [0.3, 0.4) is 0 Å². The Bertz CT molecular complexity index is 734. The first-order valence-electron chi connectivity index (χ1n) is 10.8. The van der Waals surface area contributed by atoms with E-state index in [1.54, 1.807) is 16.7 Å². The van der Waals surface area contributed by atoms with Crippen molar-refractivity contribution in [2.75, 3.05) is 45.9 Å². The average molecular weight is 404 g/mol. The average Bonchev–Trinajstić information content (AvgIpc) is 3.28. The van der Waals surface area contributed by atoms with E-state index in [-0.39, 0.29) is 17.6 Å². The zero-order valence-corrected chi connectivity index (χ0v) is 17.4. The number of piperazine rings is 1. The van der Waals surface area contributed by atoms with Crippen LogP contribution in [0, 0.1) is 0 Å². The summed E-state index contributed by atoms with van der Waals surface area (Å²) in [6.07, 6.45) is 5.25. The molecule has 0 aliphatic carbocycles. The summed E-state index contributed by atoms with van der Waals surface area (Å²) in [5.41, 5.74) is 0.0414.